The Morgan fingerprint density at radius 2 is 2.05 bits per heavy atom. The van der Waals surface area contributed by atoms with E-state index in [1.807, 2.05) is 36.4 Å². The summed E-state index contributed by atoms with van der Waals surface area (Å²) in [5, 5.41) is 7.96. The van der Waals surface area contributed by atoms with Crippen LogP contribution in [0.3, 0.4) is 0 Å². The molecule has 0 unspecified atom stereocenters. The topological polar surface area (TPSA) is 50.8 Å². The Kier molecular flexibility index (Phi) is 4.80. The van der Waals surface area contributed by atoms with E-state index in [1.54, 1.807) is 18.9 Å². The summed E-state index contributed by atoms with van der Waals surface area (Å²) >= 11 is 5.07. The molecular formula is C16H14BrN3OS. The zero-order valence-electron chi connectivity index (χ0n) is 11.9. The monoisotopic (exact) mass is 375 g/mol. The molecule has 0 spiro atoms. The van der Waals surface area contributed by atoms with Crippen LogP contribution in [0.1, 0.15) is 5.56 Å². The van der Waals surface area contributed by atoms with Gasteiger partial charge in [0.25, 0.3) is 0 Å². The first-order valence-electron chi connectivity index (χ1n) is 6.69. The number of para-hydroxylation sites is 1. The van der Waals surface area contributed by atoms with Crippen LogP contribution in [-0.2, 0) is 5.75 Å². The van der Waals surface area contributed by atoms with Crippen LogP contribution in [0, 0.1) is 0 Å². The second-order valence-electron chi connectivity index (χ2n) is 4.59. The summed E-state index contributed by atoms with van der Waals surface area (Å²) in [7, 11) is 1.65. The van der Waals surface area contributed by atoms with Crippen molar-refractivity contribution in [2.45, 2.75) is 10.9 Å². The molecule has 0 bridgehead atoms. The molecule has 0 fully saturated rings. The first-order chi connectivity index (χ1) is 10.8. The summed E-state index contributed by atoms with van der Waals surface area (Å²) in [4.78, 5) is 4.53. The summed E-state index contributed by atoms with van der Waals surface area (Å²) in [6.45, 7) is 0. The zero-order valence-corrected chi connectivity index (χ0v) is 14.3. The summed E-state index contributed by atoms with van der Waals surface area (Å²) in [5.41, 5.74) is 2.13. The molecule has 0 aliphatic heterocycles. The van der Waals surface area contributed by atoms with Crippen LogP contribution in [0.15, 0.2) is 58.2 Å². The zero-order chi connectivity index (χ0) is 15.4. The van der Waals surface area contributed by atoms with Crippen molar-refractivity contribution in [3.63, 3.8) is 0 Å². The van der Waals surface area contributed by atoms with Crippen LogP contribution in [0.2, 0.25) is 0 Å². The maximum Gasteiger partial charge on any atom is 0.209 e. The maximum atomic E-state index is 5.35. The molecule has 3 aromatic rings. The average Bonchev–Trinajstić information content (AvgIpc) is 3.02. The largest absolute Gasteiger partial charge is 0.496 e. The van der Waals surface area contributed by atoms with Crippen LogP contribution >= 0.6 is 27.7 Å². The van der Waals surface area contributed by atoms with Gasteiger partial charge in [-0.15, -0.1) is 5.10 Å². The Morgan fingerprint density at radius 3 is 2.86 bits per heavy atom. The summed E-state index contributed by atoms with van der Waals surface area (Å²) in [6.07, 6.45) is 0. The Bertz CT molecular complexity index is 775. The van der Waals surface area contributed by atoms with Crippen LogP contribution in [-0.4, -0.2) is 22.3 Å². The van der Waals surface area contributed by atoms with Gasteiger partial charge in [-0.05, 0) is 29.8 Å². The molecule has 112 valence electrons. The lowest BCUT2D eigenvalue weighted by Gasteiger charge is -2.04. The first-order valence-corrected chi connectivity index (χ1v) is 8.47. The molecule has 6 heteroatoms. The number of rotatable bonds is 5. The van der Waals surface area contributed by atoms with E-state index in [2.05, 4.69) is 43.2 Å². The molecule has 1 N–H and O–H groups in total. The molecule has 1 heterocycles. The van der Waals surface area contributed by atoms with Gasteiger partial charge in [0.1, 0.15) is 5.75 Å². The number of aromatic nitrogens is 3. The maximum absolute atomic E-state index is 5.35. The number of benzene rings is 2. The van der Waals surface area contributed by atoms with E-state index in [0.29, 0.717) is 5.82 Å². The van der Waals surface area contributed by atoms with Crippen molar-refractivity contribution in [1.29, 1.82) is 0 Å². The van der Waals surface area contributed by atoms with Crippen LogP contribution in [0.4, 0.5) is 0 Å². The number of halogens is 1. The van der Waals surface area contributed by atoms with E-state index in [1.165, 1.54) is 5.56 Å². The van der Waals surface area contributed by atoms with E-state index in [4.69, 9.17) is 4.74 Å². The number of hydrogen-bond donors (Lipinski definition) is 1. The smallest absolute Gasteiger partial charge is 0.209 e. The third-order valence-corrected chi connectivity index (χ3v) is 4.50. The SMILES string of the molecule is COc1ccccc1-c1nc(SCc2cccc(Br)c2)n[nH]1. The summed E-state index contributed by atoms with van der Waals surface area (Å²) in [5.74, 6) is 2.32. The number of thioether (sulfide) groups is 1. The highest BCUT2D eigenvalue weighted by Crippen LogP contribution is 2.28. The molecule has 0 saturated carbocycles. The fourth-order valence-corrected chi connectivity index (χ4v) is 3.23. The molecule has 0 aliphatic rings. The molecular weight excluding hydrogens is 362 g/mol. The van der Waals surface area contributed by atoms with Crippen molar-refractivity contribution >= 4 is 27.7 Å². The van der Waals surface area contributed by atoms with E-state index in [-0.39, 0.29) is 0 Å². The van der Waals surface area contributed by atoms with Crippen LogP contribution in [0.5, 0.6) is 5.75 Å². The number of ether oxygens (including phenoxy) is 1. The molecule has 0 saturated heterocycles. The highest BCUT2D eigenvalue weighted by Gasteiger charge is 2.10. The van der Waals surface area contributed by atoms with Crippen molar-refractivity contribution in [2.24, 2.45) is 0 Å². The Balaban J connectivity index is 1.74. The number of nitrogens with one attached hydrogen (secondary N) is 1. The Labute approximate surface area is 141 Å². The molecule has 2 aromatic carbocycles. The van der Waals surface area contributed by atoms with Gasteiger partial charge in [0, 0.05) is 10.2 Å². The third-order valence-electron chi connectivity index (χ3n) is 3.08. The molecule has 0 aliphatic carbocycles. The normalized spacial score (nSPS) is 10.6. The molecule has 3 rings (SSSR count). The second kappa shape index (κ2) is 6.98. The molecule has 0 radical (unpaired) electrons. The number of H-pyrrole nitrogens is 1. The molecule has 4 nitrogen and oxygen atoms in total. The van der Waals surface area contributed by atoms with Crippen LogP contribution in [0.25, 0.3) is 11.4 Å². The van der Waals surface area contributed by atoms with Gasteiger partial charge in [-0.25, -0.2) is 4.98 Å². The minimum Gasteiger partial charge on any atom is -0.496 e. The first kappa shape index (κ1) is 15.1. The van der Waals surface area contributed by atoms with Gasteiger partial charge < -0.3 is 4.74 Å². The van der Waals surface area contributed by atoms with Gasteiger partial charge >= 0.3 is 0 Å². The lowest BCUT2D eigenvalue weighted by Crippen LogP contribution is -1.88. The van der Waals surface area contributed by atoms with E-state index in [9.17, 15) is 0 Å². The number of methoxy groups -OCH3 is 1. The van der Waals surface area contributed by atoms with E-state index >= 15 is 0 Å². The average molecular weight is 376 g/mol. The molecule has 0 atom stereocenters. The van der Waals surface area contributed by atoms with Gasteiger partial charge in [-0.1, -0.05) is 52.0 Å². The van der Waals surface area contributed by atoms with Crippen molar-refractivity contribution in [3.05, 3.63) is 58.6 Å². The lowest BCUT2D eigenvalue weighted by molar-refractivity contribution is 0.416. The third kappa shape index (κ3) is 3.51. The van der Waals surface area contributed by atoms with Gasteiger partial charge in [0.2, 0.25) is 5.16 Å². The Hall–Kier alpha value is -1.79. The molecule has 22 heavy (non-hydrogen) atoms. The predicted octanol–water partition coefficient (Wildman–Crippen LogP) is 4.54. The quantitative estimate of drug-likeness (QED) is 0.665. The van der Waals surface area contributed by atoms with Crippen molar-refractivity contribution in [2.75, 3.05) is 7.11 Å². The number of aromatic amines is 1. The van der Waals surface area contributed by atoms with Gasteiger partial charge in [0.05, 0.1) is 12.7 Å². The number of nitrogens with zero attached hydrogens (tertiary/aromatic N) is 2. The summed E-state index contributed by atoms with van der Waals surface area (Å²) in [6, 6.07) is 16.0. The van der Waals surface area contributed by atoms with Crippen molar-refractivity contribution < 1.29 is 4.74 Å². The summed E-state index contributed by atoms with van der Waals surface area (Å²) < 4.78 is 6.43. The minimum absolute atomic E-state index is 0.717. The standard InChI is InChI=1S/C16H14BrN3OS/c1-21-14-8-3-2-7-13(14)15-18-16(20-19-15)22-10-11-5-4-6-12(17)9-11/h2-9H,10H2,1H3,(H,18,19,20). The number of hydrogen-bond acceptors (Lipinski definition) is 4. The fraction of sp³-hybridized carbons (Fsp3) is 0.125. The predicted molar refractivity (Wildman–Crippen MR) is 92.1 cm³/mol. The molecule has 0 amide bonds. The van der Waals surface area contributed by atoms with Gasteiger partial charge in [-0.3, -0.25) is 5.10 Å². The highest BCUT2D eigenvalue weighted by molar-refractivity contribution is 9.10. The molecule has 1 aromatic heterocycles. The van der Waals surface area contributed by atoms with Gasteiger partial charge in [-0.2, -0.15) is 0 Å². The minimum atomic E-state index is 0.717. The highest BCUT2D eigenvalue weighted by atomic mass is 79.9. The Morgan fingerprint density at radius 1 is 1.18 bits per heavy atom. The van der Waals surface area contributed by atoms with E-state index in [0.717, 1.165) is 26.7 Å². The second-order valence-corrected chi connectivity index (χ2v) is 6.44. The van der Waals surface area contributed by atoms with Crippen molar-refractivity contribution in [3.8, 4) is 17.1 Å². The van der Waals surface area contributed by atoms with Gasteiger partial charge in [0.15, 0.2) is 5.82 Å². The fourth-order valence-electron chi connectivity index (χ4n) is 2.05. The lowest BCUT2D eigenvalue weighted by atomic mass is 10.2. The van der Waals surface area contributed by atoms with Crippen molar-refractivity contribution in [1.82, 2.24) is 15.2 Å². The van der Waals surface area contributed by atoms with Crippen LogP contribution < -0.4 is 4.74 Å². The van der Waals surface area contributed by atoms with E-state index < -0.39 is 0 Å².